The number of benzene rings is 2. The van der Waals surface area contributed by atoms with Crippen LogP contribution in [0.2, 0.25) is 5.02 Å². The number of hydrogen-bond acceptors (Lipinski definition) is 2. The average molecular weight is 362 g/mol. The third kappa shape index (κ3) is 3.24. The molecule has 2 aromatic carbocycles. The van der Waals surface area contributed by atoms with E-state index in [1.54, 1.807) is 4.90 Å². The van der Waals surface area contributed by atoms with E-state index in [1.807, 2.05) is 30.3 Å². The summed E-state index contributed by atoms with van der Waals surface area (Å²) in [5.74, 6) is -1.73. The summed E-state index contributed by atoms with van der Waals surface area (Å²) < 4.78 is 13.3. The molecule has 0 aliphatic carbocycles. The Balaban J connectivity index is 1.79. The Hall–Kier alpha value is -2.40. The topological polar surface area (TPSA) is 57.6 Å². The lowest BCUT2D eigenvalue weighted by atomic mass is 9.73. The Bertz CT molecular complexity index is 802. The summed E-state index contributed by atoms with van der Waals surface area (Å²) in [5.41, 5.74) is 0.0618. The van der Waals surface area contributed by atoms with Crippen molar-refractivity contribution in [1.82, 2.24) is 4.90 Å². The number of carboxylic acids is 1. The molecule has 1 aliphatic rings. The molecule has 0 aromatic heterocycles. The predicted octanol–water partition coefficient (Wildman–Crippen LogP) is 3.74. The largest absolute Gasteiger partial charge is 0.481 e. The highest BCUT2D eigenvalue weighted by Crippen LogP contribution is 2.36. The molecule has 1 fully saturated rings. The van der Waals surface area contributed by atoms with Gasteiger partial charge in [-0.15, -0.1) is 0 Å². The fraction of sp³-hybridized carbons (Fsp3) is 0.263. The lowest BCUT2D eigenvalue weighted by molar-refractivity contribution is -0.145. The summed E-state index contributed by atoms with van der Waals surface area (Å²) in [4.78, 5) is 26.1. The highest BCUT2D eigenvalue weighted by molar-refractivity contribution is 6.31. The van der Waals surface area contributed by atoms with Gasteiger partial charge in [0.25, 0.3) is 5.91 Å². The van der Waals surface area contributed by atoms with Gasteiger partial charge in [-0.25, -0.2) is 4.39 Å². The van der Waals surface area contributed by atoms with Gasteiger partial charge in [0.15, 0.2) is 0 Å². The van der Waals surface area contributed by atoms with Crippen LogP contribution in [-0.4, -0.2) is 35.0 Å². The number of halogens is 2. The molecule has 1 saturated heterocycles. The van der Waals surface area contributed by atoms with Crippen molar-refractivity contribution in [2.45, 2.75) is 18.3 Å². The standard InChI is InChI=1S/C19H17ClFNO3/c20-15-12-13(6-7-16(15)21)17(23)22-10-8-19(9-11-22,18(24)25)14-4-2-1-3-5-14/h1-7,12H,8-11H2,(H,24,25). The first-order valence-electron chi connectivity index (χ1n) is 7.97. The molecule has 2 aromatic rings. The van der Waals surface area contributed by atoms with E-state index >= 15 is 0 Å². The van der Waals surface area contributed by atoms with E-state index in [4.69, 9.17) is 11.6 Å². The molecule has 0 unspecified atom stereocenters. The Morgan fingerprint density at radius 1 is 1.08 bits per heavy atom. The third-order valence-electron chi connectivity index (χ3n) is 4.81. The smallest absolute Gasteiger partial charge is 0.314 e. The summed E-state index contributed by atoms with van der Waals surface area (Å²) in [6, 6.07) is 12.9. The van der Waals surface area contributed by atoms with E-state index in [-0.39, 0.29) is 10.9 Å². The van der Waals surface area contributed by atoms with Crippen molar-refractivity contribution >= 4 is 23.5 Å². The van der Waals surface area contributed by atoms with Crippen LogP contribution in [-0.2, 0) is 10.2 Å². The minimum absolute atomic E-state index is 0.105. The van der Waals surface area contributed by atoms with Crippen molar-refractivity contribution in [2.75, 3.05) is 13.1 Å². The fourth-order valence-corrected chi connectivity index (χ4v) is 3.47. The number of carboxylic acid groups (broad SMARTS) is 1. The Kier molecular flexibility index (Phi) is 4.77. The van der Waals surface area contributed by atoms with Crippen molar-refractivity contribution in [2.24, 2.45) is 0 Å². The van der Waals surface area contributed by atoms with E-state index < -0.39 is 17.2 Å². The van der Waals surface area contributed by atoms with Crippen LogP contribution in [0, 0.1) is 5.82 Å². The quantitative estimate of drug-likeness (QED) is 0.906. The number of carbonyl (C=O) groups excluding carboxylic acids is 1. The highest BCUT2D eigenvalue weighted by atomic mass is 35.5. The summed E-state index contributed by atoms with van der Waals surface area (Å²) in [6.45, 7) is 0.629. The second-order valence-corrected chi connectivity index (χ2v) is 6.58. The van der Waals surface area contributed by atoms with Crippen molar-refractivity contribution < 1.29 is 19.1 Å². The molecule has 1 aliphatic heterocycles. The zero-order valence-corrected chi connectivity index (χ0v) is 14.2. The van der Waals surface area contributed by atoms with Gasteiger partial charge in [-0.3, -0.25) is 9.59 Å². The number of carbonyl (C=O) groups is 2. The Labute approximate surface area is 149 Å². The molecule has 1 heterocycles. The molecule has 6 heteroatoms. The second kappa shape index (κ2) is 6.84. The van der Waals surface area contributed by atoms with E-state index in [0.717, 1.165) is 11.6 Å². The first kappa shape index (κ1) is 17.4. The van der Waals surface area contributed by atoms with Gasteiger partial charge >= 0.3 is 5.97 Å². The van der Waals surface area contributed by atoms with Gasteiger partial charge in [0.1, 0.15) is 5.82 Å². The van der Waals surface area contributed by atoms with Gasteiger partial charge in [-0.2, -0.15) is 0 Å². The number of rotatable bonds is 3. The van der Waals surface area contributed by atoms with Crippen LogP contribution in [0.15, 0.2) is 48.5 Å². The molecule has 3 rings (SSSR count). The lowest BCUT2D eigenvalue weighted by Gasteiger charge is -2.39. The van der Waals surface area contributed by atoms with Gasteiger partial charge < -0.3 is 10.0 Å². The maximum atomic E-state index is 13.3. The molecule has 4 nitrogen and oxygen atoms in total. The van der Waals surface area contributed by atoms with Gasteiger partial charge in [-0.05, 0) is 36.6 Å². The normalized spacial score (nSPS) is 16.5. The van der Waals surface area contributed by atoms with Crippen LogP contribution in [0.4, 0.5) is 4.39 Å². The second-order valence-electron chi connectivity index (χ2n) is 6.17. The number of nitrogens with zero attached hydrogens (tertiary/aromatic N) is 1. The molecule has 25 heavy (non-hydrogen) atoms. The zero-order chi connectivity index (χ0) is 18.0. The van der Waals surface area contributed by atoms with Gasteiger partial charge in [0.2, 0.25) is 0 Å². The van der Waals surface area contributed by atoms with Crippen LogP contribution < -0.4 is 0 Å². The fourth-order valence-electron chi connectivity index (χ4n) is 3.29. The summed E-state index contributed by atoms with van der Waals surface area (Å²) in [6.07, 6.45) is 0.653. The molecule has 0 saturated carbocycles. The van der Waals surface area contributed by atoms with Crippen molar-refractivity contribution in [1.29, 1.82) is 0 Å². The molecule has 0 bridgehead atoms. The van der Waals surface area contributed by atoms with Crippen LogP contribution in [0.25, 0.3) is 0 Å². The minimum atomic E-state index is -0.988. The van der Waals surface area contributed by atoms with Crippen molar-refractivity contribution in [3.8, 4) is 0 Å². The molecule has 0 radical (unpaired) electrons. The molecule has 0 atom stereocenters. The van der Waals surface area contributed by atoms with Gasteiger partial charge in [0.05, 0.1) is 10.4 Å². The Morgan fingerprint density at radius 3 is 2.28 bits per heavy atom. The summed E-state index contributed by atoms with van der Waals surface area (Å²) in [5, 5.41) is 9.68. The van der Waals surface area contributed by atoms with E-state index in [1.165, 1.54) is 12.1 Å². The van der Waals surface area contributed by atoms with Crippen LogP contribution in [0.5, 0.6) is 0 Å². The van der Waals surface area contributed by atoms with Crippen LogP contribution in [0.1, 0.15) is 28.8 Å². The first-order chi connectivity index (χ1) is 11.9. The molecule has 130 valence electrons. The third-order valence-corrected chi connectivity index (χ3v) is 5.10. The van der Waals surface area contributed by atoms with Gasteiger partial charge in [0, 0.05) is 18.7 Å². The Morgan fingerprint density at radius 2 is 1.72 bits per heavy atom. The highest BCUT2D eigenvalue weighted by Gasteiger charge is 2.43. The van der Waals surface area contributed by atoms with Crippen molar-refractivity contribution in [3.63, 3.8) is 0 Å². The number of likely N-dealkylation sites (tertiary alicyclic amines) is 1. The molecular formula is C19H17ClFNO3. The van der Waals surface area contributed by atoms with E-state index in [0.29, 0.717) is 31.5 Å². The van der Waals surface area contributed by atoms with E-state index in [2.05, 4.69) is 0 Å². The lowest BCUT2D eigenvalue weighted by Crippen LogP contribution is -2.49. The summed E-state index contributed by atoms with van der Waals surface area (Å²) >= 11 is 5.74. The van der Waals surface area contributed by atoms with E-state index in [9.17, 15) is 19.1 Å². The van der Waals surface area contributed by atoms with Gasteiger partial charge in [-0.1, -0.05) is 41.9 Å². The molecular weight excluding hydrogens is 345 g/mol. The molecule has 1 N–H and O–H groups in total. The molecule has 0 spiro atoms. The maximum absolute atomic E-state index is 13.3. The van der Waals surface area contributed by atoms with Crippen molar-refractivity contribution in [3.05, 3.63) is 70.5 Å². The first-order valence-corrected chi connectivity index (χ1v) is 8.35. The van der Waals surface area contributed by atoms with Crippen LogP contribution in [0.3, 0.4) is 0 Å². The number of aliphatic carboxylic acids is 1. The number of amides is 1. The molecule has 1 amide bonds. The SMILES string of the molecule is O=C(c1ccc(F)c(Cl)c1)N1CCC(C(=O)O)(c2ccccc2)CC1. The minimum Gasteiger partial charge on any atom is -0.481 e. The monoisotopic (exact) mass is 361 g/mol. The predicted molar refractivity (Wildman–Crippen MR) is 92.3 cm³/mol. The average Bonchev–Trinajstić information content (AvgIpc) is 2.64. The zero-order valence-electron chi connectivity index (χ0n) is 13.4. The number of hydrogen-bond donors (Lipinski definition) is 1. The van der Waals surface area contributed by atoms with Crippen LogP contribution >= 0.6 is 11.6 Å². The summed E-state index contributed by atoms with van der Waals surface area (Å²) in [7, 11) is 0. The maximum Gasteiger partial charge on any atom is 0.314 e. The number of piperidine rings is 1.